The van der Waals surface area contributed by atoms with Gasteiger partial charge in [0.1, 0.15) is 11.3 Å². The predicted octanol–water partition coefficient (Wildman–Crippen LogP) is 4.00. The summed E-state index contributed by atoms with van der Waals surface area (Å²) in [7, 11) is 3.81. The van der Waals surface area contributed by atoms with Crippen LogP contribution in [0.15, 0.2) is 58.2 Å². The Bertz CT molecular complexity index is 842. The number of halogens is 1. The molecule has 1 N–H and O–H groups in total. The molecular formula is C20H25IN4O. The fourth-order valence-corrected chi connectivity index (χ4v) is 2.90. The van der Waals surface area contributed by atoms with E-state index in [0.717, 1.165) is 35.7 Å². The van der Waals surface area contributed by atoms with E-state index in [1.54, 1.807) is 7.05 Å². The first-order valence-electron chi connectivity index (χ1n) is 8.46. The first-order chi connectivity index (χ1) is 12.2. The molecule has 0 atom stereocenters. The number of aromatic nitrogens is 1. The first kappa shape index (κ1) is 20.2. The Hall–Kier alpha value is -2.09. The van der Waals surface area contributed by atoms with Gasteiger partial charge in [0, 0.05) is 38.4 Å². The van der Waals surface area contributed by atoms with Gasteiger partial charge in [0.15, 0.2) is 5.96 Å². The van der Waals surface area contributed by atoms with E-state index in [1.807, 2.05) is 37.6 Å². The van der Waals surface area contributed by atoms with Crippen LogP contribution in [0.1, 0.15) is 16.9 Å². The highest BCUT2D eigenvalue weighted by atomic mass is 127. The molecule has 2 heterocycles. The maximum Gasteiger partial charge on any atom is 0.193 e. The van der Waals surface area contributed by atoms with Crippen LogP contribution in [0.5, 0.6) is 0 Å². The van der Waals surface area contributed by atoms with Crippen LogP contribution in [0.3, 0.4) is 0 Å². The lowest BCUT2D eigenvalue weighted by Gasteiger charge is -2.21. The normalized spacial score (nSPS) is 11.3. The summed E-state index contributed by atoms with van der Waals surface area (Å²) < 4.78 is 5.89. The first-order valence-corrected chi connectivity index (χ1v) is 8.46. The molecule has 0 saturated carbocycles. The van der Waals surface area contributed by atoms with Crippen LogP contribution in [0.4, 0.5) is 0 Å². The van der Waals surface area contributed by atoms with Crippen molar-refractivity contribution in [2.75, 3.05) is 20.6 Å². The van der Waals surface area contributed by atoms with E-state index in [2.05, 4.69) is 45.3 Å². The smallest absolute Gasteiger partial charge is 0.193 e. The molecular weight excluding hydrogens is 439 g/mol. The number of aliphatic imine (C=N–C) groups is 1. The standard InChI is InChI=1S/C20H24N4O.HI/c1-15-13-22-10-8-16(15)9-11-23-20(21-2)24(3)14-18-12-17-6-4-5-7-19(17)25-18;/h4-8,10,12-13H,9,11,14H2,1-3H3,(H,21,23);1H. The number of nitrogens with one attached hydrogen (secondary N) is 1. The number of benzene rings is 1. The molecule has 1 aromatic carbocycles. The number of para-hydroxylation sites is 1. The average Bonchev–Trinajstić information content (AvgIpc) is 3.02. The van der Waals surface area contributed by atoms with Crippen molar-refractivity contribution in [2.24, 2.45) is 4.99 Å². The summed E-state index contributed by atoms with van der Waals surface area (Å²) in [6, 6.07) is 12.2. The zero-order chi connectivity index (χ0) is 17.6. The van der Waals surface area contributed by atoms with E-state index in [9.17, 15) is 0 Å². The molecule has 0 saturated heterocycles. The monoisotopic (exact) mass is 464 g/mol. The molecule has 5 nitrogen and oxygen atoms in total. The van der Waals surface area contributed by atoms with Crippen LogP contribution in [0.2, 0.25) is 0 Å². The molecule has 0 aliphatic carbocycles. The van der Waals surface area contributed by atoms with Crippen molar-refractivity contribution in [3.8, 4) is 0 Å². The SMILES string of the molecule is CN=C(NCCc1ccncc1C)N(C)Cc1cc2ccccc2o1.I. The van der Waals surface area contributed by atoms with Gasteiger partial charge in [-0.25, -0.2) is 0 Å². The molecule has 0 fully saturated rings. The van der Waals surface area contributed by atoms with Gasteiger partial charge in [-0.3, -0.25) is 9.98 Å². The number of nitrogens with zero attached hydrogens (tertiary/aromatic N) is 3. The zero-order valence-electron chi connectivity index (χ0n) is 15.4. The minimum atomic E-state index is 0. The van der Waals surface area contributed by atoms with Gasteiger partial charge < -0.3 is 14.6 Å². The second kappa shape index (κ2) is 9.56. The highest BCUT2D eigenvalue weighted by molar-refractivity contribution is 14.0. The summed E-state index contributed by atoms with van der Waals surface area (Å²) in [5.74, 6) is 1.78. The van der Waals surface area contributed by atoms with Gasteiger partial charge in [-0.1, -0.05) is 18.2 Å². The number of hydrogen-bond acceptors (Lipinski definition) is 3. The Labute approximate surface area is 171 Å². The van der Waals surface area contributed by atoms with Gasteiger partial charge in [-0.2, -0.15) is 0 Å². The van der Waals surface area contributed by atoms with Crippen LogP contribution >= 0.6 is 24.0 Å². The van der Waals surface area contributed by atoms with E-state index in [4.69, 9.17) is 4.42 Å². The Kier molecular flexibility index (Phi) is 7.44. The quantitative estimate of drug-likeness (QED) is 0.352. The fourth-order valence-electron chi connectivity index (χ4n) is 2.90. The minimum Gasteiger partial charge on any atom is -0.459 e. The number of pyridine rings is 1. The fraction of sp³-hybridized carbons (Fsp3) is 0.300. The van der Waals surface area contributed by atoms with Gasteiger partial charge in [0.25, 0.3) is 0 Å². The molecule has 0 bridgehead atoms. The Morgan fingerprint density at radius 3 is 2.81 bits per heavy atom. The van der Waals surface area contributed by atoms with Crippen molar-refractivity contribution in [3.63, 3.8) is 0 Å². The Morgan fingerprint density at radius 2 is 2.08 bits per heavy atom. The van der Waals surface area contributed by atoms with Gasteiger partial charge in [-0.15, -0.1) is 24.0 Å². The van der Waals surface area contributed by atoms with Crippen molar-refractivity contribution in [1.82, 2.24) is 15.2 Å². The number of guanidine groups is 1. The van der Waals surface area contributed by atoms with E-state index in [-0.39, 0.29) is 24.0 Å². The van der Waals surface area contributed by atoms with Crippen molar-refractivity contribution in [2.45, 2.75) is 19.9 Å². The second-order valence-corrected chi connectivity index (χ2v) is 6.13. The highest BCUT2D eigenvalue weighted by Crippen LogP contribution is 2.19. The third-order valence-corrected chi connectivity index (χ3v) is 4.26. The molecule has 6 heteroatoms. The zero-order valence-corrected chi connectivity index (χ0v) is 17.7. The van der Waals surface area contributed by atoms with E-state index < -0.39 is 0 Å². The maximum atomic E-state index is 5.89. The number of furan rings is 1. The molecule has 26 heavy (non-hydrogen) atoms. The largest absolute Gasteiger partial charge is 0.459 e. The molecule has 2 aromatic heterocycles. The van der Waals surface area contributed by atoms with E-state index >= 15 is 0 Å². The van der Waals surface area contributed by atoms with Gasteiger partial charge >= 0.3 is 0 Å². The van der Waals surface area contributed by atoms with Gasteiger partial charge in [-0.05, 0) is 42.7 Å². The molecule has 3 rings (SSSR count). The second-order valence-electron chi connectivity index (χ2n) is 6.13. The topological polar surface area (TPSA) is 53.7 Å². The third-order valence-electron chi connectivity index (χ3n) is 4.26. The number of hydrogen-bond donors (Lipinski definition) is 1. The highest BCUT2D eigenvalue weighted by Gasteiger charge is 2.10. The lowest BCUT2D eigenvalue weighted by molar-refractivity contribution is 0.413. The maximum absolute atomic E-state index is 5.89. The summed E-state index contributed by atoms with van der Waals surface area (Å²) in [5.41, 5.74) is 3.44. The number of rotatable bonds is 5. The van der Waals surface area contributed by atoms with Gasteiger partial charge in [0.2, 0.25) is 0 Å². The van der Waals surface area contributed by atoms with E-state index in [0.29, 0.717) is 6.54 Å². The Morgan fingerprint density at radius 1 is 1.27 bits per heavy atom. The summed E-state index contributed by atoms with van der Waals surface area (Å²) in [6.07, 6.45) is 4.68. The van der Waals surface area contributed by atoms with Crippen LogP contribution in [-0.4, -0.2) is 36.5 Å². The number of aryl methyl sites for hydroxylation is 1. The van der Waals surface area contributed by atoms with E-state index in [1.165, 1.54) is 11.1 Å². The molecule has 0 radical (unpaired) electrons. The molecule has 3 aromatic rings. The number of fused-ring (bicyclic) bond motifs is 1. The average molecular weight is 464 g/mol. The summed E-state index contributed by atoms with van der Waals surface area (Å²) >= 11 is 0. The van der Waals surface area contributed by atoms with Crippen LogP contribution in [0.25, 0.3) is 11.0 Å². The van der Waals surface area contributed by atoms with Crippen molar-refractivity contribution in [3.05, 3.63) is 65.7 Å². The van der Waals surface area contributed by atoms with Crippen LogP contribution < -0.4 is 5.32 Å². The lowest BCUT2D eigenvalue weighted by atomic mass is 10.1. The van der Waals surface area contributed by atoms with Crippen molar-refractivity contribution in [1.29, 1.82) is 0 Å². The third kappa shape index (κ3) is 4.97. The predicted molar refractivity (Wildman–Crippen MR) is 117 cm³/mol. The molecule has 0 aliphatic heterocycles. The summed E-state index contributed by atoms with van der Waals surface area (Å²) in [4.78, 5) is 10.6. The molecule has 0 aliphatic rings. The molecule has 0 spiro atoms. The van der Waals surface area contributed by atoms with Crippen LogP contribution in [-0.2, 0) is 13.0 Å². The lowest BCUT2D eigenvalue weighted by Crippen LogP contribution is -2.39. The van der Waals surface area contributed by atoms with Gasteiger partial charge in [0.05, 0.1) is 6.54 Å². The summed E-state index contributed by atoms with van der Waals surface area (Å²) in [6.45, 7) is 3.58. The minimum absolute atomic E-state index is 0. The van der Waals surface area contributed by atoms with Crippen molar-refractivity contribution >= 4 is 40.9 Å². The Balaban J connectivity index is 0.00000243. The van der Waals surface area contributed by atoms with Crippen molar-refractivity contribution < 1.29 is 4.42 Å². The molecule has 0 unspecified atom stereocenters. The molecule has 138 valence electrons. The van der Waals surface area contributed by atoms with Crippen LogP contribution in [0, 0.1) is 6.92 Å². The molecule has 0 amide bonds. The summed E-state index contributed by atoms with van der Waals surface area (Å²) in [5, 5.41) is 4.54.